The van der Waals surface area contributed by atoms with E-state index in [4.69, 9.17) is 10.00 Å². The summed E-state index contributed by atoms with van der Waals surface area (Å²) < 4.78 is 5.63. The Hall–Kier alpha value is -0.890. The molecule has 0 aliphatic carbocycles. The van der Waals surface area contributed by atoms with Crippen molar-refractivity contribution in [3.63, 3.8) is 0 Å². The van der Waals surface area contributed by atoms with Crippen molar-refractivity contribution in [2.24, 2.45) is 0 Å². The summed E-state index contributed by atoms with van der Waals surface area (Å²) in [5.41, 5.74) is 0. The first-order chi connectivity index (χ1) is 6.92. The predicted octanol–water partition coefficient (Wildman–Crippen LogP) is 1.99. The first kappa shape index (κ1) is 9.66. The molecule has 1 aliphatic rings. The number of nitrogens with zero attached hydrogens (tertiary/aromatic N) is 2. The van der Waals surface area contributed by atoms with Crippen LogP contribution in [0, 0.1) is 11.3 Å². The molecule has 3 nitrogen and oxygen atoms in total. The van der Waals surface area contributed by atoms with Gasteiger partial charge in [0.2, 0.25) is 0 Å². The van der Waals surface area contributed by atoms with Crippen LogP contribution in [0.25, 0.3) is 0 Å². The summed E-state index contributed by atoms with van der Waals surface area (Å²) in [4.78, 5) is 3.45. The monoisotopic (exact) mass is 208 g/mol. The quantitative estimate of drug-likeness (QED) is 0.762. The van der Waals surface area contributed by atoms with Crippen molar-refractivity contribution in [3.8, 4) is 6.07 Å². The van der Waals surface area contributed by atoms with Crippen molar-refractivity contribution in [3.05, 3.63) is 22.4 Å². The molecule has 1 unspecified atom stereocenters. The third-order valence-electron chi connectivity index (χ3n) is 2.28. The average Bonchev–Trinajstić information content (AvgIpc) is 2.84. The molecule has 1 saturated heterocycles. The second-order valence-corrected chi connectivity index (χ2v) is 4.16. The van der Waals surface area contributed by atoms with Crippen LogP contribution < -0.4 is 0 Å². The Morgan fingerprint density at radius 2 is 2.64 bits per heavy atom. The number of hydrogen-bond donors (Lipinski definition) is 0. The van der Waals surface area contributed by atoms with Crippen LogP contribution in [0.1, 0.15) is 17.5 Å². The summed E-state index contributed by atoms with van der Waals surface area (Å²) in [5.74, 6) is 0. The first-order valence-corrected chi connectivity index (χ1v) is 5.56. The third kappa shape index (κ3) is 1.95. The van der Waals surface area contributed by atoms with Gasteiger partial charge in [-0.05, 0) is 11.4 Å². The van der Waals surface area contributed by atoms with Gasteiger partial charge < -0.3 is 4.74 Å². The molecule has 1 fully saturated rings. The highest BCUT2D eigenvalue weighted by molar-refractivity contribution is 7.10. The fourth-order valence-electron chi connectivity index (χ4n) is 1.62. The lowest BCUT2D eigenvalue weighted by molar-refractivity contribution is 0.0367. The van der Waals surface area contributed by atoms with Crippen molar-refractivity contribution >= 4 is 11.3 Å². The van der Waals surface area contributed by atoms with Gasteiger partial charge in [-0.15, -0.1) is 11.3 Å². The van der Waals surface area contributed by atoms with Crippen LogP contribution in [0.5, 0.6) is 0 Å². The Labute approximate surface area is 87.5 Å². The summed E-state index contributed by atoms with van der Waals surface area (Å²) in [6.07, 6.45) is 0.661. The molecule has 0 saturated carbocycles. The van der Waals surface area contributed by atoms with Crippen molar-refractivity contribution in [1.29, 1.82) is 5.26 Å². The summed E-state index contributed by atoms with van der Waals surface area (Å²) in [5, 5.41) is 10.6. The van der Waals surface area contributed by atoms with E-state index < -0.39 is 0 Å². The summed E-state index contributed by atoms with van der Waals surface area (Å²) in [6.45, 7) is 2.51. The molecular formula is C10H12N2OS. The van der Waals surface area contributed by atoms with E-state index in [1.807, 2.05) is 6.07 Å². The molecule has 0 spiro atoms. The first-order valence-electron chi connectivity index (χ1n) is 4.68. The molecule has 1 aromatic heterocycles. The van der Waals surface area contributed by atoms with E-state index in [2.05, 4.69) is 22.4 Å². The van der Waals surface area contributed by atoms with E-state index in [1.165, 1.54) is 4.88 Å². The summed E-state index contributed by atoms with van der Waals surface area (Å²) in [7, 11) is 0. The molecule has 1 aliphatic heterocycles. The third-order valence-corrected chi connectivity index (χ3v) is 3.19. The maximum absolute atomic E-state index is 8.53. The average molecular weight is 208 g/mol. The molecule has 0 bridgehead atoms. The maximum atomic E-state index is 8.53. The van der Waals surface area contributed by atoms with E-state index in [0.717, 1.165) is 19.7 Å². The minimum atomic E-state index is 0.0864. The Morgan fingerprint density at radius 1 is 1.71 bits per heavy atom. The number of ether oxygens (including phenoxy) is 1. The highest BCUT2D eigenvalue weighted by Gasteiger charge is 2.26. The van der Waals surface area contributed by atoms with Gasteiger partial charge in [0.1, 0.15) is 6.23 Å². The molecule has 1 aromatic rings. The zero-order chi connectivity index (χ0) is 9.80. The topological polar surface area (TPSA) is 36.3 Å². The SMILES string of the molecule is N#CCCN1CCOC1c1cccs1. The van der Waals surface area contributed by atoms with Gasteiger partial charge in [-0.1, -0.05) is 6.07 Å². The number of hydrogen-bond acceptors (Lipinski definition) is 4. The minimum Gasteiger partial charge on any atom is -0.357 e. The fraction of sp³-hybridized carbons (Fsp3) is 0.500. The van der Waals surface area contributed by atoms with E-state index in [1.54, 1.807) is 11.3 Å². The van der Waals surface area contributed by atoms with E-state index in [9.17, 15) is 0 Å². The lowest BCUT2D eigenvalue weighted by Gasteiger charge is -2.20. The van der Waals surface area contributed by atoms with Crippen molar-refractivity contribution in [1.82, 2.24) is 4.90 Å². The van der Waals surface area contributed by atoms with Crippen LogP contribution in [0.2, 0.25) is 0 Å². The summed E-state index contributed by atoms with van der Waals surface area (Å²) >= 11 is 1.71. The van der Waals surface area contributed by atoms with Gasteiger partial charge in [0.15, 0.2) is 0 Å². The standard InChI is InChI=1S/C10H12N2OS/c11-4-2-5-12-6-7-13-10(12)9-3-1-8-14-9/h1,3,8,10H,2,5-7H2. The predicted molar refractivity (Wildman–Crippen MR) is 54.8 cm³/mol. The zero-order valence-corrected chi connectivity index (χ0v) is 8.67. The number of rotatable bonds is 3. The molecule has 2 heterocycles. The molecule has 4 heteroatoms. The lowest BCUT2D eigenvalue weighted by Crippen LogP contribution is -2.24. The number of thiophene rings is 1. The second-order valence-electron chi connectivity index (χ2n) is 3.18. The summed E-state index contributed by atoms with van der Waals surface area (Å²) in [6, 6.07) is 6.28. The highest BCUT2D eigenvalue weighted by atomic mass is 32.1. The van der Waals surface area contributed by atoms with Crippen LogP contribution in [0.15, 0.2) is 17.5 Å². The van der Waals surface area contributed by atoms with Gasteiger partial charge in [0.05, 0.1) is 12.7 Å². The molecule has 14 heavy (non-hydrogen) atoms. The van der Waals surface area contributed by atoms with Crippen LogP contribution in [0.3, 0.4) is 0 Å². The molecule has 0 amide bonds. The van der Waals surface area contributed by atoms with Crippen LogP contribution in [-0.4, -0.2) is 24.6 Å². The van der Waals surface area contributed by atoms with E-state index in [-0.39, 0.29) is 6.23 Å². The zero-order valence-electron chi connectivity index (χ0n) is 7.85. The van der Waals surface area contributed by atoms with Crippen LogP contribution >= 0.6 is 11.3 Å². The lowest BCUT2D eigenvalue weighted by atomic mass is 10.3. The Morgan fingerprint density at radius 3 is 3.36 bits per heavy atom. The Kier molecular flexibility index (Phi) is 3.14. The number of nitriles is 1. The molecule has 0 aromatic carbocycles. The molecular weight excluding hydrogens is 196 g/mol. The van der Waals surface area contributed by atoms with Crippen molar-refractivity contribution < 1.29 is 4.74 Å². The largest absolute Gasteiger partial charge is 0.357 e. The van der Waals surface area contributed by atoms with Crippen molar-refractivity contribution in [2.45, 2.75) is 12.6 Å². The van der Waals surface area contributed by atoms with Gasteiger partial charge in [0, 0.05) is 24.4 Å². The fourth-order valence-corrected chi connectivity index (χ4v) is 2.43. The van der Waals surface area contributed by atoms with Gasteiger partial charge in [-0.3, -0.25) is 4.90 Å². The van der Waals surface area contributed by atoms with E-state index >= 15 is 0 Å². The molecule has 1 atom stereocenters. The second kappa shape index (κ2) is 4.56. The van der Waals surface area contributed by atoms with Crippen LogP contribution in [0.4, 0.5) is 0 Å². The van der Waals surface area contributed by atoms with Crippen molar-refractivity contribution in [2.75, 3.05) is 19.7 Å². The molecule has 74 valence electrons. The van der Waals surface area contributed by atoms with Gasteiger partial charge >= 0.3 is 0 Å². The van der Waals surface area contributed by atoms with Gasteiger partial charge in [-0.25, -0.2) is 0 Å². The van der Waals surface area contributed by atoms with E-state index in [0.29, 0.717) is 6.42 Å². The van der Waals surface area contributed by atoms with Gasteiger partial charge in [0.25, 0.3) is 0 Å². The Bertz CT molecular complexity index is 317. The molecule has 0 N–H and O–H groups in total. The highest BCUT2D eigenvalue weighted by Crippen LogP contribution is 2.29. The molecule has 0 radical (unpaired) electrons. The smallest absolute Gasteiger partial charge is 0.146 e. The maximum Gasteiger partial charge on any atom is 0.146 e. The molecule has 2 rings (SSSR count). The van der Waals surface area contributed by atoms with Crippen LogP contribution in [-0.2, 0) is 4.74 Å². The normalized spacial score (nSPS) is 22.4. The van der Waals surface area contributed by atoms with Gasteiger partial charge in [-0.2, -0.15) is 5.26 Å². The Balaban J connectivity index is 2.01. The minimum absolute atomic E-state index is 0.0864.